The zero-order chi connectivity index (χ0) is 17.6. The SMILES string of the molecule is CCc1cccc(CC)c1NC(=O)C1CCCN(c2ncccn2)C1. The first-order valence-electron chi connectivity index (χ1n) is 9.16. The van der Waals surface area contributed by atoms with Crippen LogP contribution in [0.25, 0.3) is 0 Å². The highest BCUT2D eigenvalue weighted by Gasteiger charge is 2.27. The molecule has 2 aromatic rings. The van der Waals surface area contributed by atoms with Gasteiger partial charge in [-0.15, -0.1) is 0 Å². The molecule has 1 saturated heterocycles. The van der Waals surface area contributed by atoms with Crippen LogP contribution >= 0.6 is 0 Å². The maximum absolute atomic E-state index is 12.9. The predicted molar refractivity (Wildman–Crippen MR) is 101 cm³/mol. The Bertz CT molecular complexity index is 695. The van der Waals surface area contributed by atoms with E-state index in [0.29, 0.717) is 12.5 Å². The van der Waals surface area contributed by atoms with Crippen molar-refractivity contribution in [1.82, 2.24) is 9.97 Å². The standard InChI is InChI=1S/C20H26N4O/c1-3-15-8-5-9-16(4-2)18(15)23-19(25)17-10-6-13-24(14-17)20-21-11-7-12-22-20/h5,7-9,11-12,17H,3-4,6,10,13-14H2,1-2H3,(H,23,25). The van der Waals surface area contributed by atoms with Gasteiger partial charge in [0.15, 0.2) is 0 Å². The van der Waals surface area contributed by atoms with Gasteiger partial charge in [-0.25, -0.2) is 9.97 Å². The number of benzene rings is 1. The lowest BCUT2D eigenvalue weighted by Gasteiger charge is -2.32. The minimum absolute atomic E-state index is 0.0350. The summed E-state index contributed by atoms with van der Waals surface area (Å²) in [5.41, 5.74) is 3.41. The molecule has 5 nitrogen and oxygen atoms in total. The number of aryl methyl sites for hydroxylation is 2. The Kier molecular flexibility index (Phi) is 5.64. The Morgan fingerprint density at radius 2 is 1.84 bits per heavy atom. The van der Waals surface area contributed by atoms with Crippen molar-refractivity contribution in [3.8, 4) is 0 Å². The highest BCUT2D eigenvalue weighted by molar-refractivity contribution is 5.94. The number of hydrogen-bond acceptors (Lipinski definition) is 4. The fraction of sp³-hybridized carbons (Fsp3) is 0.450. The molecule has 1 fully saturated rings. The fourth-order valence-electron chi connectivity index (χ4n) is 3.46. The van der Waals surface area contributed by atoms with Crippen molar-refractivity contribution in [1.29, 1.82) is 0 Å². The summed E-state index contributed by atoms with van der Waals surface area (Å²) in [5.74, 6) is 0.784. The molecule has 0 saturated carbocycles. The van der Waals surface area contributed by atoms with Crippen LogP contribution in [0, 0.1) is 5.92 Å². The number of aromatic nitrogens is 2. The number of carbonyl (C=O) groups excluding carboxylic acids is 1. The number of nitrogens with one attached hydrogen (secondary N) is 1. The summed E-state index contributed by atoms with van der Waals surface area (Å²) < 4.78 is 0. The normalized spacial score (nSPS) is 17.4. The van der Waals surface area contributed by atoms with Gasteiger partial charge in [0.25, 0.3) is 0 Å². The van der Waals surface area contributed by atoms with Crippen LogP contribution in [0.1, 0.15) is 37.8 Å². The third-order valence-electron chi connectivity index (χ3n) is 4.87. The molecule has 1 N–H and O–H groups in total. The number of amides is 1. The smallest absolute Gasteiger partial charge is 0.229 e. The minimum atomic E-state index is -0.0350. The second kappa shape index (κ2) is 8.10. The highest BCUT2D eigenvalue weighted by atomic mass is 16.1. The topological polar surface area (TPSA) is 58.1 Å². The van der Waals surface area contributed by atoms with Gasteiger partial charge in [0.2, 0.25) is 11.9 Å². The summed E-state index contributed by atoms with van der Waals surface area (Å²) in [6.45, 7) is 5.82. The molecule has 1 aliphatic rings. The van der Waals surface area contributed by atoms with Crippen LogP contribution in [0.2, 0.25) is 0 Å². The molecule has 1 unspecified atom stereocenters. The lowest BCUT2D eigenvalue weighted by atomic mass is 9.96. The van der Waals surface area contributed by atoms with E-state index in [9.17, 15) is 4.79 Å². The van der Waals surface area contributed by atoms with Gasteiger partial charge in [-0.05, 0) is 42.9 Å². The largest absolute Gasteiger partial charge is 0.340 e. The number of para-hydroxylation sites is 1. The van der Waals surface area contributed by atoms with E-state index < -0.39 is 0 Å². The molecule has 1 aliphatic heterocycles. The Morgan fingerprint density at radius 3 is 2.48 bits per heavy atom. The van der Waals surface area contributed by atoms with Gasteiger partial charge < -0.3 is 10.2 Å². The third-order valence-corrected chi connectivity index (χ3v) is 4.87. The molecule has 1 amide bonds. The van der Waals surface area contributed by atoms with Gasteiger partial charge >= 0.3 is 0 Å². The van der Waals surface area contributed by atoms with Crippen LogP contribution in [0.4, 0.5) is 11.6 Å². The number of rotatable bonds is 5. The summed E-state index contributed by atoms with van der Waals surface area (Å²) in [6, 6.07) is 8.08. The summed E-state index contributed by atoms with van der Waals surface area (Å²) in [4.78, 5) is 23.6. The molecule has 132 valence electrons. The van der Waals surface area contributed by atoms with Gasteiger partial charge in [0.05, 0.1) is 5.92 Å². The number of carbonyl (C=O) groups is 1. The monoisotopic (exact) mass is 338 g/mol. The number of piperidine rings is 1. The number of nitrogens with zero attached hydrogens (tertiary/aromatic N) is 3. The maximum atomic E-state index is 12.9. The van der Waals surface area contributed by atoms with Crippen molar-refractivity contribution in [2.24, 2.45) is 5.92 Å². The van der Waals surface area contributed by atoms with Gasteiger partial charge in [-0.1, -0.05) is 32.0 Å². The van der Waals surface area contributed by atoms with Crippen molar-refractivity contribution in [3.05, 3.63) is 47.8 Å². The predicted octanol–water partition coefficient (Wildman–Crippen LogP) is 3.46. The highest BCUT2D eigenvalue weighted by Crippen LogP contribution is 2.26. The molecule has 0 radical (unpaired) electrons. The third kappa shape index (κ3) is 3.98. The molecule has 3 rings (SSSR count). The first-order valence-corrected chi connectivity index (χ1v) is 9.16. The lowest BCUT2D eigenvalue weighted by Crippen LogP contribution is -2.41. The van der Waals surface area contributed by atoms with E-state index in [2.05, 4.69) is 52.2 Å². The van der Waals surface area contributed by atoms with Crippen molar-refractivity contribution >= 4 is 17.5 Å². The minimum Gasteiger partial charge on any atom is -0.340 e. The lowest BCUT2D eigenvalue weighted by molar-refractivity contribution is -0.120. The molecule has 0 spiro atoms. The quantitative estimate of drug-likeness (QED) is 0.907. The van der Waals surface area contributed by atoms with Gasteiger partial charge in [0, 0.05) is 31.2 Å². The van der Waals surface area contributed by atoms with Crippen LogP contribution in [0.5, 0.6) is 0 Å². The van der Waals surface area contributed by atoms with Crippen molar-refractivity contribution < 1.29 is 4.79 Å². The molecular formula is C20H26N4O. The Balaban J connectivity index is 1.73. The summed E-state index contributed by atoms with van der Waals surface area (Å²) >= 11 is 0. The van der Waals surface area contributed by atoms with Crippen molar-refractivity contribution in [2.75, 3.05) is 23.3 Å². The van der Waals surface area contributed by atoms with Crippen LogP contribution in [0.15, 0.2) is 36.7 Å². The van der Waals surface area contributed by atoms with E-state index in [-0.39, 0.29) is 11.8 Å². The molecule has 1 aromatic carbocycles. The van der Waals surface area contributed by atoms with Crippen molar-refractivity contribution in [3.63, 3.8) is 0 Å². The Morgan fingerprint density at radius 1 is 1.16 bits per heavy atom. The molecule has 2 heterocycles. The van der Waals surface area contributed by atoms with Crippen LogP contribution < -0.4 is 10.2 Å². The van der Waals surface area contributed by atoms with Gasteiger partial charge in [0.1, 0.15) is 0 Å². The molecule has 1 aromatic heterocycles. The van der Waals surface area contributed by atoms with E-state index in [1.807, 2.05) is 6.07 Å². The van der Waals surface area contributed by atoms with E-state index in [4.69, 9.17) is 0 Å². The van der Waals surface area contributed by atoms with E-state index >= 15 is 0 Å². The van der Waals surface area contributed by atoms with Crippen LogP contribution in [0.3, 0.4) is 0 Å². The summed E-state index contributed by atoms with van der Waals surface area (Å²) in [5, 5.41) is 3.22. The molecule has 25 heavy (non-hydrogen) atoms. The molecule has 0 bridgehead atoms. The average Bonchev–Trinajstić information content (AvgIpc) is 2.69. The Labute approximate surface area is 149 Å². The second-order valence-electron chi connectivity index (χ2n) is 6.48. The zero-order valence-corrected chi connectivity index (χ0v) is 15.0. The van der Waals surface area contributed by atoms with E-state index in [0.717, 1.165) is 37.9 Å². The van der Waals surface area contributed by atoms with E-state index in [1.165, 1.54) is 11.1 Å². The summed E-state index contributed by atoms with van der Waals surface area (Å²) in [6.07, 6.45) is 7.21. The molecule has 5 heteroatoms. The molecular weight excluding hydrogens is 312 g/mol. The average molecular weight is 338 g/mol. The Hall–Kier alpha value is -2.43. The van der Waals surface area contributed by atoms with Crippen molar-refractivity contribution in [2.45, 2.75) is 39.5 Å². The first kappa shape index (κ1) is 17.4. The zero-order valence-electron chi connectivity index (χ0n) is 15.0. The number of anilines is 2. The van der Waals surface area contributed by atoms with Crippen LogP contribution in [-0.2, 0) is 17.6 Å². The van der Waals surface area contributed by atoms with Gasteiger partial charge in [-0.2, -0.15) is 0 Å². The number of hydrogen-bond donors (Lipinski definition) is 1. The first-order chi connectivity index (χ1) is 12.2. The molecule has 0 aliphatic carbocycles. The fourth-order valence-corrected chi connectivity index (χ4v) is 3.46. The molecule has 1 atom stereocenters. The van der Waals surface area contributed by atoms with Crippen LogP contribution in [-0.4, -0.2) is 29.0 Å². The second-order valence-corrected chi connectivity index (χ2v) is 6.48. The maximum Gasteiger partial charge on any atom is 0.229 e. The van der Waals surface area contributed by atoms with Gasteiger partial charge in [-0.3, -0.25) is 4.79 Å². The summed E-state index contributed by atoms with van der Waals surface area (Å²) in [7, 11) is 0. The van der Waals surface area contributed by atoms with E-state index in [1.54, 1.807) is 12.4 Å².